The van der Waals surface area contributed by atoms with Crippen LogP contribution in [-0.2, 0) is 6.54 Å². The van der Waals surface area contributed by atoms with Gasteiger partial charge in [-0.25, -0.2) is 4.68 Å². The van der Waals surface area contributed by atoms with E-state index in [4.69, 9.17) is 4.74 Å². The van der Waals surface area contributed by atoms with Crippen molar-refractivity contribution in [3.8, 4) is 11.4 Å². The van der Waals surface area contributed by atoms with Gasteiger partial charge in [-0.2, -0.15) is 5.10 Å². The summed E-state index contributed by atoms with van der Waals surface area (Å²) in [5.74, 6) is 0.491. The molecule has 5 nitrogen and oxygen atoms in total. The Morgan fingerprint density at radius 2 is 1.71 bits per heavy atom. The molecule has 0 bridgehead atoms. The number of fused-ring (bicyclic) bond motifs is 1. The van der Waals surface area contributed by atoms with Gasteiger partial charge in [0.25, 0.3) is 5.91 Å². The van der Waals surface area contributed by atoms with Gasteiger partial charge in [0.05, 0.1) is 24.6 Å². The van der Waals surface area contributed by atoms with Crippen LogP contribution in [0.1, 0.15) is 15.9 Å². The number of para-hydroxylation sites is 1. The summed E-state index contributed by atoms with van der Waals surface area (Å²) in [6.07, 6.45) is 3.73. The highest BCUT2D eigenvalue weighted by Gasteiger charge is 2.18. The quantitative estimate of drug-likeness (QED) is 0.525. The lowest BCUT2D eigenvalue weighted by Gasteiger charge is -2.18. The van der Waals surface area contributed by atoms with Crippen molar-refractivity contribution in [3.05, 3.63) is 90.3 Å². The van der Waals surface area contributed by atoms with Gasteiger partial charge in [-0.15, -0.1) is 0 Å². The number of carbonyl (C=O) groups is 1. The normalized spacial score (nSPS) is 10.8. The first kappa shape index (κ1) is 17.8. The Bertz CT molecular complexity index is 1120. The van der Waals surface area contributed by atoms with Crippen LogP contribution >= 0.6 is 0 Å². The fourth-order valence-corrected chi connectivity index (χ4v) is 3.27. The van der Waals surface area contributed by atoms with Crippen molar-refractivity contribution in [2.45, 2.75) is 6.54 Å². The van der Waals surface area contributed by atoms with Crippen LogP contribution in [-0.4, -0.2) is 34.7 Å². The first-order chi connectivity index (χ1) is 13.7. The SMILES string of the molecule is COc1cc2ccccc2cc1C(=O)N(C)Cc1cnn(-c2ccccc2)c1. The number of benzene rings is 3. The van der Waals surface area contributed by atoms with Crippen molar-refractivity contribution in [2.24, 2.45) is 0 Å². The number of ether oxygens (including phenoxy) is 1. The zero-order valence-electron chi connectivity index (χ0n) is 15.9. The number of nitrogens with zero attached hydrogens (tertiary/aromatic N) is 3. The molecule has 0 fully saturated rings. The Hall–Kier alpha value is -3.60. The summed E-state index contributed by atoms with van der Waals surface area (Å²) in [5, 5.41) is 6.46. The van der Waals surface area contributed by atoms with Gasteiger partial charge in [0, 0.05) is 25.4 Å². The number of amides is 1. The van der Waals surface area contributed by atoms with Crippen LogP contribution in [0.3, 0.4) is 0 Å². The number of rotatable bonds is 5. The average molecular weight is 371 g/mol. The standard InChI is InChI=1S/C23H21N3O2/c1-25(15-17-14-24-26(16-17)20-10-4-3-5-11-20)23(27)21-12-18-8-6-7-9-19(18)13-22(21)28-2/h3-14,16H,15H2,1-2H3. The molecule has 3 aromatic carbocycles. The minimum Gasteiger partial charge on any atom is -0.496 e. The molecule has 28 heavy (non-hydrogen) atoms. The molecule has 1 aromatic heterocycles. The van der Waals surface area contributed by atoms with Gasteiger partial charge in [0.1, 0.15) is 5.75 Å². The zero-order chi connectivity index (χ0) is 19.5. The molecule has 0 spiro atoms. The highest BCUT2D eigenvalue weighted by molar-refractivity contribution is 6.01. The molecule has 0 N–H and O–H groups in total. The van der Waals surface area contributed by atoms with Gasteiger partial charge in [0.2, 0.25) is 0 Å². The van der Waals surface area contributed by atoms with E-state index in [9.17, 15) is 4.79 Å². The van der Waals surface area contributed by atoms with E-state index >= 15 is 0 Å². The van der Waals surface area contributed by atoms with E-state index in [-0.39, 0.29) is 5.91 Å². The molecular weight excluding hydrogens is 350 g/mol. The summed E-state index contributed by atoms with van der Waals surface area (Å²) in [5.41, 5.74) is 2.50. The van der Waals surface area contributed by atoms with E-state index in [1.54, 1.807) is 25.3 Å². The van der Waals surface area contributed by atoms with Crippen molar-refractivity contribution in [2.75, 3.05) is 14.2 Å². The van der Waals surface area contributed by atoms with E-state index in [1.165, 1.54) is 0 Å². The maximum Gasteiger partial charge on any atom is 0.257 e. The zero-order valence-corrected chi connectivity index (χ0v) is 15.9. The fourth-order valence-electron chi connectivity index (χ4n) is 3.27. The molecule has 4 aromatic rings. The van der Waals surface area contributed by atoms with Crippen molar-refractivity contribution in [1.29, 1.82) is 0 Å². The van der Waals surface area contributed by atoms with E-state index in [1.807, 2.05) is 77.6 Å². The number of hydrogen-bond acceptors (Lipinski definition) is 3. The summed E-state index contributed by atoms with van der Waals surface area (Å²) in [6.45, 7) is 0.460. The summed E-state index contributed by atoms with van der Waals surface area (Å²) in [4.78, 5) is 14.7. The van der Waals surface area contributed by atoms with Crippen LogP contribution in [0.5, 0.6) is 5.75 Å². The predicted molar refractivity (Wildman–Crippen MR) is 110 cm³/mol. The van der Waals surface area contributed by atoms with Gasteiger partial charge >= 0.3 is 0 Å². The maximum absolute atomic E-state index is 13.1. The third-order valence-corrected chi connectivity index (χ3v) is 4.72. The van der Waals surface area contributed by atoms with Crippen molar-refractivity contribution >= 4 is 16.7 Å². The minimum atomic E-state index is -0.0879. The van der Waals surface area contributed by atoms with Crippen LogP contribution in [0.25, 0.3) is 16.5 Å². The van der Waals surface area contributed by atoms with E-state index in [2.05, 4.69) is 5.10 Å². The first-order valence-electron chi connectivity index (χ1n) is 9.07. The second kappa shape index (κ2) is 7.56. The highest BCUT2D eigenvalue weighted by atomic mass is 16.5. The molecule has 0 atom stereocenters. The number of aromatic nitrogens is 2. The number of carbonyl (C=O) groups excluding carboxylic acids is 1. The van der Waals surface area contributed by atoms with E-state index in [0.29, 0.717) is 17.9 Å². The number of methoxy groups -OCH3 is 1. The molecule has 0 aliphatic rings. The van der Waals surface area contributed by atoms with Gasteiger partial charge in [-0.3, -0.25) is 4.79 Å². The Balaban J connectivity index is 1.57. The van der Waals surface area contributed by atoms with Crippen molar-refractivity contribution in [1.82, 2.24) is 14.7 Å². The van der Waals surface area contributed by atoms with Gasteiger partial charge < -0.3 is 9.64 Å². The predicted octanol–water partition coefficient (Wildman–Crippen LogP) is 4.31. The molecule has 0 aliphatic carbocycles. The second-order valence-electron chi connectivity index (χ2n) is 6.69. The average Bonchev–Trinajstić information content (AvgIpc) is 3.21. The molecule has 1 heterocycles. The Labute approximate surface area is 163 Å². The molecule has 0 saturated carbocycles. The molecular formula is C23H21N3O2. The third-order valence-electron chi connectivity index (χ3n) is 4.72. The first-order valence-corrected chi connectivity index (χ1v) is 9.07. The maximum atomic E-state index is 13.1. The molecule has 5 heteroatoms. The summed E-state index contributed by atoms with van der Waals surface area (Å²) in [7, 11) is 3.38. The summed E-state index contributed by atoms with van der Waals surface area (Å²) in [6, 6.07) is 21.6. The number of hydrogen-bond donors (Lipinski definition) is 0. The third kappa shape index (κ3) is 3.47. The minimum absolute atomic E-state index is 0.0879. The van der Waals surface area contributed by atoms with Crippen LogP contribution in [0.15, 0.2) is 79.1 Å². The summed E-state index contributed by atoms with van der Waals surface area (Å²) >= 11 is 0. The van der Waals surface area contributed by atoms with Gasteiger partial charge in [-0.05, 0) is 35.0 Å². The highest BCUT2D eigenvalue weighted by Crippen LogP contribution is 2.27. The lowest BCUT2D eigenvalue weighted by Crippen LogP contribution is -2.26. The van der Waals surface area contributed by atoms with Crippen molar-refractivity contribution < 1.29 is 9.53 Å². The molecule has 1 amide bonds. The molecule has 0 unspecified atom stereocenters. The fraction of sp³-hybridized carbons (Fsp3) is 0.130. The van der Waals surface area contributed by atoms with Gasteiger partial charge in [0.15, 0.2) is 0 Å². The topological polar surface area (TPSA) is 47.4 Å². The van der Waals surface area contributed by atoms with E-state index in [0.717, 1.165) is 22.0 Å². The van der Waals surface area contributed by atoms with Crippen LogP contribution < -0.4 is 4.74 Å². The Morgan fingerprint density at radius 3 is 2.43 bits per heavy atom. The largest absolute Gasteiger partial charge is 0.496 e. The van der Waals surface area contributed by atoms with Crippen molar-refractivity contribution in [3.63, 3.8) is 0 Å². The van der Waals surface area contributed by atoms with Crippen LogP contribution in [0.2, 0.25) is 0 Å². The molecule has 4 rings (SSSR count). The molecule has 0 radical (unpaired) electrons. The smallest absolute Gasteiger partial charge is 0.257 e. The molecule has 140 valence electrons. The van der Waals surface area contributed by atoms with Crippen LogP contribution in [0, 0.1) is 0 Å². The lowest BCUT2D eigenvalue weighted by molar-refractivity contribution is 0.0782. The molecule has 0 aliphatic heterocycles. The Kier molecular flexibility index (Phi) is 4.81. The lowest BCUT2D eigenvalue weighted by atomic mass is 10.0. The molecule has 0 saturated heterocycles. The van der Waals surface area contributed by atoms with Crippen LogP contribution in [0.4, 0.5) is 0 Å². The Morgan fingerprint density at radius 1 is 1.04 bits per heavy atom. The van der Waals surface area contributed by atoms with Gasteiger partial charge in [-0.1, -0.05) is 42.5 Å². The van der Waals surface area contributed by atoms with E-state index < -0.39 is 0 Å². The summed E-state index contributed by atoms with van der Waals surface area (Å²) < 4.78 is 7.28. The second-order valence-corrected chi connectivity index (χ2v) is 6.69. The monoisotopic (exact) mass is 371 g/mol.